The van der Waals surface area contributed by atoms with Gasteiger partial charge < -0.3 is 10.6 Å². The van der Waals surface area contributed by atoms with Gasteiger partial charge in [0.25, 0.3) is 0 Å². The molecule has 0 saturated heterocycles. The average Bonchev–Trinajstić information content (AvgIpc) is 1.98. The summed E-state index contributed by atoms with van der Waals surface area (Å²) in [7, 11) is 0. The number of carbonyl (C=O) groups is 2. The first-order valence-electron chi connectivity index (χ1n) is 4.07. The van der Waals surface area contributed by atoms with E-state index in [-0.39, 0.29) is 0 Å². The van der Waals surface area contributed by atoms with Crippen molar-refractivity contribution in [1.82, 2.24) is 4.90 Å². The monoisotopic (exact) mass is 172 g/mol. The molecule has 2 amide bonds. The topological polar surface area (TPSA) is 63.4 Å². The van der Waals surface area contributed by atoms with Crippen molar-refractivity contribution in [1.29, 1.82) is 0 Å². The normalized spacial score (nSPS) is 10.0. The maximum Gasteiger partial charge on any atom is 0.311 e. The van der Waals surface area contributed by atoms with Crippen LogP contribution < -0.4 is 5.73 Å². The Balaban J connectivity index is 4.15. The second kappa shape index (κ2) is 4.74. The van der Waals surface area contributed by atoms with E-state index < -0.39 is 11.8 Å². The molecule has 12 heavy (non-hydrogen) atoms. The molecular formula is C8H16N2O2. The lowest BCUT2D eigenvalue weighted by Gasteiger charge is -2.20. The van der Waals surface area contributed by atoms with Gasteiger partial charge in [-0.25, -0.2) is 0 Å². The molecule has 0 saturated carbocycles. The van der Waals surface area contributed by atoms with E-state index >= 15 is 0 Å². The standard InChI is InChI=1S/C8H16N2O2/c1-4-10(5-6(2)3)8(12)7(9)11/h6H,4-5H2,1-3H3,(H2,9,11). The van der Waals surface area contributed by atoms with E-state index in [4.69, 9.17) is 5.73 Å². The number of amides is 2. The third kappa shape index (κ3) is 3.37. The van der Waals surface area contributed by atoms with Crippen molar-refractivity contribution >= 4 is 11.8 Å². The molecule has 0 spiro atoms. The van der Waals surface area contributed by atoms with Crippen molar-refractivity contribution in [3.63, 3.8) is 0 Å². The van der Waals surface area contributed by atoms with Gasteiger partial charge in [0.2, 0.25) is 0 Å². The van der Waals surface area contributed by atoms with Crippen molar-refractivity contribution in [3.05, 3.63) is 0 Å². The van der Waals surface area contributed by atoms with Crippen LogP contribution in [0, 0.1) is 5.92 Å². The first kappa shape index (κ1) is 10.9. The van der Waals surface area contributed by atoms with Gasteiger partial charge in [0.15, 0.2) is 0 Å². The van der Waals surface area contributed by atoms with Crippen LogP contribution in [0.3, 0.4) is 0 Å². The van der Waals surface area contributed by atoms with E-state index in [0.29, 0.717) is 19.0 Å². The molecule has 0 fully saturated rings. The Labute approximate surface area is 72.7 Å². The highest BCUT2D eigenvalue weighted by Crippen LogP contribution is 1.98. The molecule has 0 aliphatic heterocycles. The van der Waals surface area contributed by atoms with Crippen molar-refractivity contribution in [2.24, 2.45) is 11.7 Å². The highest BCUT2D eigenvalue weighted by Gasteiger charge is 2.17. The van der Waals surface area contributed by atoms with Crippen molar-refractivity contribution in [2.45, 2.75) is 20.8 Å². The summed E-state index contributed by atoms with van der Waals surface area (Å²) in [4.78, 5) is 23.0. The first-order valence-corrected chi connectivity index (χ1v) is 4.07. The summed E-state index contributed by atoms with van der Waals surface area (Å²) in [5, 5.41) is 0. The van der Waals surface area contributed by atoms with Crippen LogP contribution in [0.4, 0.5) is 0 Å². The van der Waals surface area contributed by atoms with Gasteiger partial charge in [-0.15, -0.1) is 0 Å². The van der Waals surface area contributed by atoms with Gasteiger partial charge in [-0.1, -0.05) is 13.8 Å². The number of hydrogen-bond acceptors (Lipinski definition) is 2. The zero-order valence-corrected chi connectivity index (χ0v) is 7.83. The summed E-state index contributed by atoms with van der Waals surface area (Å²) in [5.74, 6) is -1.11. The van der Waals surface area contributed by atoms with E-state index in [2.05, 4.69) is 0 Å². The number of rotatable bonds is 3. The summed E-state index contributed by atoms with van der Waals surface area (Å²) in [6, 6.07) is 0. The lowest BCUT2D eigenvalue weighted by molar-refractivity contribution is -0.144. The first-order chi connectivity index (χ1) is 5.49. The van der Waals surface area contributed by atoms with Gasteiger partial charge in [0.05, 0.1) is 0 Å². The minimum absolute atomic E-state index is 0.355. The zero-order valence-electron chi connectivity index (χ0n) is 7.83. The molecule has 0 aromatic carbocycles. The van der Waals surface area contributed by atoms with Crippen LogP contribution in [0.1, 0.15) is 20.8 Å². The fraction of sp³-hybridized carbons (Fsp3) is 0.750. The Morgan fingerprint density at radius 1 is 1.42 bits per heavy atom. The second-order valence-corrected chi connectivity index (χ2v) is 3.10. The Bertz CT molecular complexity index is 178. The number of nitrogens with zero attached hydrogens (tertiary/aromatic N) is 1. The maximum atomic E-state index is 11.1. The van der Waals surface area contributed by atoms with Crippen LogP contribution in [0.5, 0.6) is 0 Å². The van der Waals surface area contributed by atoms with Gasteiger partial charge in [-0.3, -0.25) is 9.59 Å². The fourth-order valence-electron chi connectivity index (χ4n) is 0.952. The van der Waals surface area contributed by atoms with Crippen LogP contribution in [-0.4, -0.2) is 29.8 Å². The highest BCUT2D eigenvalue weighted by atomic mass is 16.2. The number of primary amides is 1. The molecule has 0 aromatic rings. The minimum atomic E-state index is -0.877. The molecule has 4 heteroatoms. The second-order valence-electron chi connectivity index (χ2n) is 3.10. The lowest BCUT2D eigenvalue weighted by Crippen LogP contribution is -2.41. The van der Waals surface area contributed by atoms with Crippen LogP contribution in [0.15, 0.2) is 0 Å². The summed E-state index contributed by atoms with van der Waals surface area (Å²) in [5.41, 5.74) is 4.86. The van der Waals surface area contributed by atoms with Gasteiger partial charge in [-0.05, 0) is 12.8 Å². The quantitative estimate of drug-likeness (QED) is 0.608. The molecule has 0 aliphatic carbocycles. The molecule has 0 radical (unpaired) electrons. The molecule has 0 bridgehead atoms. The molecule has 0 heterocycles. The number of likely N-dealkylation sites (N-methyl/N-ethyl adjacent to an activating group) is 1. The minimum Gasteiger partial charge on any atom is -0.361 e. The lowest BCUT2D eigenvalue weighted by atomic mass is 10.2. The van der Waals surface area contributed by atoms with E-state index in [1.165, 1.54) is 4.90 Å². The van der Waals surface area contributed by atoms with Crippen molar-refractivity contribution in [2.75, 3.05) is 13.1 Å². The molecule has 2 N–H and O–H groups in total. The fourth-order valence-corrected chi connectivity index (χ4v) is 0.952. The van der Waals surface area contributed by atoms with Crippen molar-refractivity contribution in [3.8, 4) is 0 Å². The molecule has 0 aromatic heterocycles. The van der Waals surface area contributed by atoms with E-state index in [1.807, 2.05) is 20.8 Å². The molecular weight excluding hydrogens is 156 g/mol. The Morgan fingerprint density at radius 3 is 2.17 bits per heavy atom. The van der Waals surface area contributed by atoms with Crippen LogP contribution in [0.2, 0.25) is 0 Å². The molecule has 0 unspecified atom stereocenters. The molecule has 4 nitrogen and oxygen atoms in total. The Hall–Kier alpha value is -1.06. The average molecular weight is 172 g/mol. The molecule has 70 valence electrons. The van der Waals surface area contributed by atoms with Crippen molar-refractivity contribution < 1.29 is 9.59 Å². The van der Waals surface area contributed by atoms with Gasteiger partial charge >= 0.3 is 11.8 Å². The predicted molar refractivity (Wildman–Crippen MR) is 46.3 cm³/mol. The number of carbonyl (C=O) groups excluding carboxylic acids is 2. The number of nitrogens with two attached hydrogens (primary N) is 1. The molecule has 0 aliphatic rings. The third-order valence-electron chi connectivity index (χ3n) is 1.47. The summed E-state index contributed by atoms with van der Waals surface area (Å²) in [6.45, 7) is 6.90. The third-order valence-corrected chi connectivity index (χ3v) is 1.47. The maximum absolute atomic E-state index is 11.1. The van der Waals surface area contributed by atoms with Crippen LogP contribution in [0.25, 0.3) is 0 Å². The highest BCUT2D eigenvalue weighted by molar-refractivity contribution is 6.34. The summed E-state index contributed by atoms with van der Waals surface area (Å²) < 4.78 is 0. The zero-order chi connectivity index (χ0) is 9.72. The largest absolute Gasteiger partial charge is 0.361 e. The Morgan fingerprint density at radius 2 is 1.92 bits per heavy atom. The predicted octanol–water partition coefficient (Wildman–Crippen LogP) is -0.0238. The van der Waals surface area contributed by atoms with Crippen LogP contribution >= 0.6 is 0 Å². The SMILES string of the molecule is CCN(CC(C)C)C(=O)C(N)=O. The van der Waals surface area contributed by atoms with E-state index in [9.17, 15) is 9.59 Å². The van der Waals surface area contributed by atoms with E-state index in [0.717, 1.165) is 0 Å². The van der Waals surface area contributed by atoms with E-state index in [1.54, 1.807) is 0 Å². The molecule has 0 atom stereocenters. The van der Waals surface area contributed by atoms with Gasteiger partial charge in [0.1, 0.15) is 0 Å². The van der Waals surface area contributed by atoms with Gasteiger partial charge in [0, 0.05) is 13.1 Å². The summed E-state index contributed by atoms with van der Waals surface area (Å²) in [6.07, 6.45) is 0. The Kier molecular flexibility index (Phi) is 4.33. The number of hydrogen-bond donors (Lipinski definition) is 1. The summed E-state index contributed by atoms with van der Waals surface area (Å²) >= 11 is 0. The van der Waals surface area contributed by atoms with Gasteiger partial charge in [-0.2, -0.15) is 0 Å². The van der Waals surface area contributed by atoms with Crippen LogP contribution in [-0.2, 0) is 9.59 Å². The molecule has 0 rings (SSSR count). The smallest absolute Gasteiger partial charge is 0.311 e.